The lowest BCUT2D eigenvalue weighted by molar-refractivity contribution is 0.627. The first-order valence-electron chi connectivity index (χ1n) is 12.3. The standard InChI is InChI=1S/C18H12ClFN4S.C11H5Cl2N3S/c19-15-9-14-17(22-10-11-1-3-13(20)4-2-11)23-16(24-18(14)25-15)12-5-7-21-8-6-12;12-8-5-7-9(13)15-10(16-11(7)17-8)6-1-3-14-4-2-6/h1-9H,10H2,(H,22,23,24);1-5H. The van der Waals surface area contributed by atoms with Crippen LogP contribution in [0.15, 0.2) is 85.5 Å². The van der Waals surface area contributed by atoms with Crippen LogP contribution in [0.4, 0.5) is 10.2 Å². The number of fused-ring (bicyclic) bond motifs is 2. The maximum Gasteiger partial charge on any atom is 0.163 e. The molecule has 0 radical (unpaired) electrons. The fourth-order valence-electron chi connectivity index (χ4n) is 3.93. The van der Waals surface area contributed by atoms with Crippen molar-refractivity contribution in [3.63, 3.8) is 0 Å². The lowest BCUT2D eigenvalue weighted by atomic mass is 10.2. The fourth-order valence-corrected chi connectivity index (χ4v) is 6.39. The monoisotopic (exact) mass is 651 g/mol. The summed E-state index contributed by atoms with van der Waals surface area (Å²) in [6, 6.07) is 17.4. The summed E-state index contributed by atoms with van der Waals surface area (Å²) in [6.07, 6.45) is 6.79. The van der Waals surface area contributed by atoms with E-state index >= 15 is 0 Å². The number of pyridine rings is 2. The van der Waals surface area contributed by atoms with Crippen molar-refractivity contribution < 1.29 is 4.39 Å². The summed E-state index contributed by atoms with van der Waals surface area (Å²) >= 11 is 21.0. The van der Waals surface area contributed by atoms with E-state index in [4.69, 9.17) is 34.8 Å². The van der Waals surface area contributed by atoms with Crippen molar-refractivity contribution in [1.29, 1.82) is 0 Å². The summed E-state index contributed by atoms with van der Waals surface area (Å²) in [7, 11) is 0. The van der Waals surface area contributed by atoms with E-state index in [0.717, 1.165) is 37.1 Å². The minimum atomic E-state index is -0.252. The number of nitrogens with zero attached hydrogens (tertiary/aromatic N) is 6. The molecule has 0 saturated heterocycles. The molecule has 0 unspecified atom stereocenters. The highest BCUT2D eigenvalue weighted by molar-refractivity contribution is 7.22. The van der Waals surface area contributed by atoms with Gasteiger partial charge in [0, 0.05) is 42.5 Å². The molecule has 0 aliphatic rings. The van der Waals surface area contributed by atoms with Crippen molar-refractivity contribution in [2.75, 3.05) is 5.32 Å². The van der Waals surface area contributed by atoms with Gasteiger partial charge in [0.25, 0.3) is 0 Å². The second-order valence-electron chi connectivity index (χ2n) is 8.72. The van der Waals surface area contributed by atoms with E-state index in [1.807, 2.05) is 30.3 Å². The van der Waals surface area contributed by atoms with E-state index in [-0.39, 0.29) is 5.82 Å². The van der Waals surface area contributed by atoms with Gasteiger partial charge in [-0.15, -0.1) is 22.7 Å². The van der Waals surface area contributed by atoms with Crippen LogP contribution in [0.3, 0.4) is 0 Å². The summed E-state index contributed by atoms with van der Waals surface area (Å²) in [5, 5.41) is 5.39. The third-order valence-corrected chi connectivity index (χ3v) is 8.53. The topological polar surface area (TPSA) is 89.4 Å². The highest BCUT2D eigenvalue weighted by Crippen LogP contribution is 2.35. The number of nitrogens with one attached hydrogen (secondary N) is 1. The molecule has 1 aromatic carbocycles. The number of anilines is 1. The zero-order valence-corrected chi connectivity index (χ0v) is 25.2. The zero-order chi connectivity index (χ0) is 29.1. The van der Waals surface area contributed by atoms with Gasteiger partial charge in [0.2, 0.25) is 0 Å². The lowest BCUT2D eigenvalue weighted by Gasteiger charge is -2.09. The van der Waals surface area contributed by atoms with Crippen LogP contribution < -0.4 is 5.32 Å². The zero-order valence-electron chi connectivity index (χ0n) is 21.3. The van der Waals surface area contributed by atoms with E-state index in [0.29, 0.717) is 37.8 Å². The highest BCUT2D eigenvalue weighted by atomic mass is 35.5. The minimum Gasteiger partial charge on any atom is -0.365 e. The molecule has 7 nitrogen and oxygen atoms in total. The molecule has 0 bridgehead atoms. The van der Waals surface area contributed by atoms with Gasteiger partial charge in [-0.25, -0.2) is 24.3 Å². The Hall–Kier alpha value is -3.80. The summed E-state index contributed by atoms with van der Waals surface area (Å²) in [4.78, 5) is 27.5. The molecule has 7 rings (SSSR count). The molecule has 7 aromatic rings. The minimum absolute atomic E-state index is 0.252. The maximum absolute atomic E-state index is 13.0. The molecule has 0 amide bonds. The van der Waals surface area contributed by atoms with Crippen LogP contribution in [0.2, 0.25) is 13.8 Å². The summed E-state index contributed by atoms with van der Waals surface area (Å²) in [5.41, 5.74) is 2.72. The number of aromatic nitrogens is 6. The van der Waals surface area contributed by atoms with E-state index < -0.39 is 0 Å². The van der Waals surface area contributed by atoms with Gasteiger partial charge >= 0.3 is 0 Å². The van der Waals surface area contributed by atoms with E-state index in [9.17, 15) is 4.39 Å². The Morgan fingerprint density at radius 2 is 1.17 bits per heavy atom. The maximum atomic E-state index is 13.0. The predicted molar refractivity (Wildman–Crippen MR) is 170 cm³/mol. The Morgan fingerprint density at radius 3 is 1.76 bits per heavy atom. The highest BCUT2D eigenvalue weighted by Gasteiger charge is 2.13. The molecule has 0 spiro atoms. The van der Waals surface area contributed by atoms with Crippen molar-refractivity contribution in [1.82, 2.24) is 29.9 Å². The Morgan fingerprint density at radius 1 is 0.643 bits per heavy atom. The Kier molecular flexibility index (Phi) is 8.50. The summed E-state index contributed by atoms with van der Waals surface area (Å²) < 4.78 is 14.4. The molecule has 0 aliphatic heterocycles. The molecule has 13 heteroatoms. The van der Waals surface area contributed by atoms with Crippen LogP contribution in [-0.2, 0) is 6.54 Å². The first-order valence-corrected chi connectivity index (χ1v) is 15.1. The quantitative estimate of drug-likeness (QED) is 0.185. The molecule has 0 fully saturated rings. The predicted octanol–water partition coefficient (Wildman–Crippen LogP) is 9.22. The van der Waals surface area contributed by atoms with Crippen LogP contribution >= 0.6 is 57.5 Å². The first-order chi connectivity index (χ1) is 20.4. The average molecular weight is 653 g/mol. The first kappa shape index (κ1) is 28.3. The number of hydrogen-bond acceptors (Lipinski definition) is 9. The molecule has 0 saturated carbocycles. The fraction of sp³-hybridized carbons (Fsp3) is 0.0345. The molecule has 0 aliphatic carbocycles. The van der Waals surface area contributed by atoms with E-state index in [1.165, 1.54) is 34.8 Å². The van der Waals surface area contributed by atoms with Crippen LogP contribution in [0.25, 0.3) is 43.2 Å². The SMILES string of the molecule is Clc1cc2c(Cl)nc(-c3ccncc3)nc2s1.Fc1ccc(CNc2nc(-c3ccncc3)nc3sc(Cl)cc23)cc1. The summed E-state index contributed by atoms with van der Waals surface area (Å²) in [6.45, 7) is 0.523. The Balaban J connectivity index is 0.000000162. The van der Waals surface area contributed by atoms with Gasteiger partial charge in [-0.2, -0.15) is 0 Å². The van der Waals surface area contributed by atoms with Crippen LogP contribution in [-0.4, -0.2) is 29.9 Å². The van der Waals surface area contributed by atoms with Crippen molar-refractivity contribution in [3.05, 3.63) is 111 Å². The van der Waals surface area contributed by atoms with Gasteiger partial charge in [0.05, 0.1) is 19.4 Å². The summed E-state index contributed by atoms with van der Waals surface area (Å²) in [5.74, 6) is 1.64. The van der Waals surface area contributed by atoms with Gasteiger partial charge in [-0.1, -0.05) is 46.9 Å². The van der Waals surface area contributed by atoms with Crippen LogP contribution in [0.1, 0.15) is 5.56 Å². The largest absolute Gasteiger partial charge is 0.365 e. The third kappa shape index (κ3) is 6.48. The van der Waals surface area contributed by atoms with Crippen LogP contribution in [0.5, 0.6) is 0 Å². The molecule has 42 heavy (non-hydrogen) atoms. The number of hydrogen-bond donors (Lipinski definition) is 1. The van der Waals surface area contributed by atoms with E-state index in [2.05, 4.69) is 35.2 Å². The van der Waals surface area contributed by atoms with Gasteiger partial charge < -0.3 is 5.32 Å². The number of halogens is 4. The molecular weight excluding hydrogens is 636 g/mol. The lowest BCUT2D eigenvalue weighted by Crippen LogP contribution is -2.03. The molecule has 0 atom stereocenters. The van der Waals surface area contributed by atoms with Gasteiger partial charge in [-0.3, -0.25) is 9.97 Å². The molecule has 6 aromatic heterocycles. The van der Waals surface area contributed by atoms with Gasteiger partial charge in [0.15, 0.2) is 11.6 Å². The Bertz CT molecular complexity index is 1990. The van der Waals surface area contributed by atoms with Crippen molar-refractivity contribution in [2.45, 2.75) is 6.54 Å². The number of thiophene rings is 2. The molecule has 1 N–H and O–H groups in total. The second kappa shape index (κ2) is 12.6. The average Bonchev–Trinajstić information content (AvgIpc) is 3.59. The van der Waals surface area contributed by atoms with Crippen LogP contribution in [0, 0.1) is 5.82 Å². The smallest absolute Gasteiger partial charge is 0.163 e. The Labute approximate surface area is 262 Å². The van der Waals surface area contributed by atoms with E-state index in [1.54, 1.807) is 43.0 Å². The van der Waals surface area contributed by atoms with Gasteiger partial charge in [-0.05, 0) is 54.1 Å². The normalized spacial score (nSPS) is 11.0. The van der Waals surface area contributed by atoms with Crippen molar-refractivity contribution in [3.8, 4) is 22.8 Å². The molecular formula is C29H17Cl3FN7S2. The molecule has 6 heterocycles. The number of rotatable bonds is 5. The van der Waals surface area contributed by atoms with Crippen molar-refractivity contribution >= 4 is 83.7 Å². The number of benzene rings is 1. The molecule has 208 valence electrons. The second-order valence-corrected chi connectivity index (χ2v) is 12.4. The van der Waals surface area contributed by atoms with Gasteiger partial charge in [0.1, 0.15) is 26.4 Å². The third-order valence-electron chi connectivity index (χ3n) is 5.93. The van der Waals surface area contributed by atoms with Crippen molar-refractivity contribution in [2.24, 2.45) is 0 Å².